The van der Waals surface area contributed by atoms with Crippen LogP contribution >= 0.6 is 0 Å². The average molecular weight is 300 g/mol. The van der Waals surface area contributed by atoms with Gasteiger partial charge in [-0.15, -0.1) is 0 Å². The summed E-state index contributed by atoms with van der Waals surface area (Å²) in [4.78, 5) is 23.2. The van der Waals surface area contributed by atoms with Gasteiger partial charge in [0.1, 0.15) is 0 Å². The number of carbonyl (C=O) groups is 2. The van der Waals surface area contributed by atoms with Crippen LogP contribution < -0.4 is 10.6 Å². The van der Waals surface area contributed by atoms with E-state index in [1.165, 1.54) is 0 Å². The molecule has 0 saturated carbocycles. The number of benzene rings is 2. The lowest BCUT2D eigenvalue weighted by atomic mass is 10.0. The SMILES string of the molecule is CC(C)NC(=O)C(=O)NCC(O)c1cccc2ccccc12. The Morgan fingerprint density at radius 2 is 1.73 bits per heavy atom. The third kappa shape index (κ3) is 3.83. The van der Waals surface area contributed by atoms with E-state index in [9.17, 15) is 14.7 Å². The minimum Gasteiger partial charge on any atom is -0.387 e. The lowest BCUT2D eigenvalue weighted by Gasteiger charge is -2.15. The second-order valence-corrected chi connectivity index (χ2v) is 5.42. The van der Waals surface area contributed by atoms with Crippen LogP contribution in [0.5, 0.6) is 0 Å². The Labute approximate surface area is 129 Å². The number of nitrogens with one attached hydrogen (secondary N) is 2. The van der Waals surface area contributed by atoms with Crippen LogP contribution in [0.4, 0.5) is 0 Å². The molecule has 0 aliphatic rings. The monoisotopic (exact) mass is 300 g/mol. The van der Waals surface area contributed by atoms with Crippen LogP contribution in [0, 0.1) is 0 Å². The van der Waals surface area contributed by atoms with Gasteiger partial charge in [-0.25, -0.2) is 0 Å². The molecule has 0 radical (unpaired) electrons. The summed E-state index contributed by atoms with van der Waals surface area (Å²) >= 11 is 0. The van der Waals surface area contributed by atoms with Gasteiger partial charge in [0.25, 0.3) is 0 Å². The van der Waals surface area contributed by atoms with Crippen molar-refractivity contribution in [2.45, 2.75) is 26.0 Å². The third-order valence-electron chi connectivity index (χ3n) is 3.26. The molecule has 1 unspecified atom stereocenters. The summed E-state index contributed by atoms with van der Waals surface area (Å²) in [5.74, 6) is -1.44. The molecular formula is C17H20N2O3. The van der Waals surface area contributed by atoms with Crippen molar-refractivity contribution >= 4 is 22.6 Å². The Morgan fingerprint density at radius 3 is 2.45 bits per heavy atom. The highest BCUT2D eigenvalue weighted by Crippen LogP contribution is 2.23. The van der Waals surface area contributed by atoms with Gasteiger partial charge in [-0.2, -0.15) is 0 Å². The molecule has 0 aromatic heterocycles. The van der Waals surface area contributed by atoms with E-state index in [2.05, 4.69) is 10.6 Å². The van der Waals surface area contributed by atoms with Crippen LogP contribution in [0.1, 0.15) is 25.5 Å². The summed E-state index contributed by atoms with van der Waals surface area (Å²) in [5.41, 5.74) is 0.725. The van der Waals surface area contributed by atoms with Gasteiger partial charge in [-0.1, -0.05) is 42.5 Å². The van der Waals surface area contributed by atoms with Crippen molar-refractivity contribution in [2.24, 2.45) is 0 Å². The summed E-state index contributed by atoms with van der Waals surface area (Å²) < 4.78 is 0. The molecule has 5 heteroatoms. The second kappa shape index (κ2) is 7.04. The molecule has 2 amide bonds. The van der Waals surface area contributed by atoms with Gasteiger partial charge in [0, 0.05) is 12.6 Å². The van der Waals surface area contributed by atoms with E-state index >= 15 is 0 Å². The van der Waals surface area contributed by atoms with Gasteiger partial charge in [-0.05, 0) is 30.2 Å². The van der Waals surface area contributed by atoms with Crippen molar-refractivity contribution < 1.29 is 14.7 Å². The zero-order valence-corrected chi connectivity index (χ0v) is 12.7. The van der Waals surface area contributed by atoms with E-state index in [0.717, 1.165) is 16.3 Å². The molecule has 116 valence electrons. The summed E-state index contributed by atoms with van der Waals surface area (Å²) in [6.07, 6.45) is -0.873. The number of amides is 2. The zero-order chi connectivity index (χ0) is 16.1. The van der Waals surface area contributed by atoms with Gasteiger partial charge in [-0.3, -0.25) is 9.59 Å². The molecule has 0 aliphatic heterocycles. The molecule has 2 rings (SSSR count). The first-order valence-electron chi connectivity index (χ1n) is 7.23. The molecule has 0 aliphatic carbocycles. The number of aliphatic hydroxyl groups excluding tert-OH is 1. The molecule has 0 heterocycles. The van der Waals surface area contributed by atoms with E-state index in [1.807, 2.05) is 42.5 Å². The van der Waals surface area contributed by atoms with Crippen molar-refractivity contribution in [2.75, 3.05) is 6.54 Å². The highest BCUT2D eigenvalue weighted by molar-refractivity contribution is 6.35. The number of hydrogen-bond donors (Lipinski definition) is 3. The van der Waals surface area contributed by atoms with Crippen molar-refractivity contribution in [3.8, 4) is 0 Å². The number of rotatable bonds is 4. The van der Waals surface area contributed by atoms with Crippen LogP contribution in [-0.2, 0) is 9.59 Å². The Morgan fingerprint density at radius 1 is 1.05 bits per heavy atom. The molecule has 0 saturated heterocycles. The minimum absolute atomic E-state index is 0.0155. The topological polar surface area (TPSA) is 78.4 Å². The van der Waals surface area contributed by atoms with Gasteiger partial charge < -0.3 is 15.7 Å². The molecule has 22 heavy (non-hydrogen) atoms. The predicted octanol–water partition coefficient (Wildman–Crippen LogP) is 1.51. The standard InChI is InChI=1S/C17H20N2O3/c1-11(2)19-17(22)16(21)18-10-15(20)14-9-5-7-12-6-3-4-8-13(12)14/h3-9,11,15,20H,10H2,1-2H3,(H,18,21)(H,19,22). The first-order valence-corrected chi connectivity index (χ1v) is 7.23. The largest absolute Gasteiger partial charge is 0.387 e. The van der Waals surface area contributed by atoms with Gasteiger partial charge in [0.05, 0.1) is 6.10 Å². The third-order valence-corrected chi connectivity index (χ3v) is 3.26. The van der Waals surface area contributed by atoms with Crippen LogP contribution in [0.2, 0.25) is 0 Å². The summed E-state index contributed by atoms with van der Waals surface area (Å²) in [5, 5.41) is 17.2. The maximum absolute atomic E-state index is 11.6. The maximum Gasteiger partial charge on any atom is 0.309 e. The number of aliphatic hydroxyl groups is 1. The number of fused-ring (bicyclic) bond motifs is 1. The first kappa shape index (κ1) is 16.0. The molecule has 3 N–H and O–H groups in total. The Kier molecular flexibility index (Phi) is 5.12. The van der Waals surface area contributed by atoms with Crippen molar-refractivity contribution in [3.05, 3.63) is 48.0 Å². The van der Waals surface area contributed by atoms with E-state index in [1.54, 1.807) is 13.8 Å². The molecule has 5 nitrogen and oxygen atoms in total. The van der Waals surface area contributed by atoms with Crippen LogP contribution in [0.25, 0.3) is 10.8 Å². The highest BCUT2D eigenvalue weighted by Gasteiger charge is 2.17. The van der Waals surface area contributed by atoms with Gasteiger partial charge in [0.2, 0.25) is 0 Å². The minimum atomic E-state index is -0.873. The Bertz CT molecular complexity index is 677. The summed E-state index contributed by atoms with van der Waals surface area (Å²) in [7, 11) is 0. The fourth-order valence-electron chi connectivity index (χ4n) is 2.25. The Balaban J connectivity index is 2.04. The molecule has 1 atom stereocenters. The zero-order valence-electron chi connectivity index (χ0n) is 12.7. The van der Waals surface area contributed by atoms with E-state index in [0.29, 0.717) is 0 Å². The lowest BCUT2D eigenvalue weighted by molar-refractivity contribution is -0.139. The van der Waals surface area contributed by atoms with Crippen molar-refractivity contribution in [1.29, 1.82) is 0 Å². The van der Waals surface area contributed by atoms with E-state index in [-0.39, 0.29) is 12.6 Å². The molecule has 2 aromatic rings. The molecule has 2 aromatic carbocycles. The smallest absolute Gasteiger partial charge is 0.309 e. The van der Waals surface area contributed by atoms with E-state index < -0.39 is 17.9 Å². The number of carbonyl (C=O) groups excluding carboxylic acids is 2. The lowest BCUT2D eigenvalue weighted by Crippen LogP contribution is -2.43. The molecule has 0 fully saturated rings. The highest BCUT2D eigenvalue weighted by atomic mass is 16.3. The summed E-state index contributed by atoms with van der Waals surface area (Å²) in [6, 6.07) is 13.2. The fourth-order valence-corrected chi connectivity index (χ4v) is 2.25. The predicted molar refractivity (Wildman–Crippen MR) is 85.2 cm³/mol. The van der Waals surface area contributed by atoms with Crippen LogP contribution in [-0.4, -0.2) is 29.5 Å². The van der Waals surface area contributed by atoms with Crippen molar-refractivity contribution in [1.82, 2.24) is 10.6 Å². The maximum atomic E-state index is 11.6. The number of hydrogen-bond acceptors (Lipinski definition) is 3. The quantitative estimate of drug-likeness (QED) is 0.749. The Hall–Kier alpha value is -2.40. The van der Waals surface area contributed by atoms with Gasteiger partial charge >= 0.3 is 11.8 Å². The molecule has 0 spiro atoms. The summed E-state index contributed by atoms with van der Waals surface area (Å²) in [6.45, 7) is 3.53. The van der Waals surface area contributed by atoms with Gasteiger partial charge in [0.15, 0.2) is 0 Å². The van der Waals surface area contributed by atoms with Crippen molar-refractivity contribution in [3.63, 3.8) is 0 Å². The van der Waals surface area contributed by atoms with Crippen LogP contribution in [0.3, 0.4) is 0 Å². The van der Waals surface area contributed by atoms with Crippen LogP contribution in [0.15, 0.2) is 42.5 Å². The first-order chi connectivity index (χ1) is 10.5. The second-order valence-electron chi connectivity index (χ2n) is 5.42. The van der Waals surface area contributed by atoms with E-state index in [4.69, 9.17) is 0 Å². The fraction of sp³-hybridized carbons (Fsp3) is 0.294. The normalized spacial score (nSPS) is 12.2. The molecular weight excluding hydrogens is 280 g/mol. The molecule has 0 bridgehead atoms. The average Bonchev–Trinajstić information content (AvgIpc) is 2.51.